The Morgan fingerprint density at radius 1 is 0.963 bits per heavy atom. The number of benzene rings is 2. The van der Waals surface area contributed by atoms with Crippen molar-refractivity contribution in [1.29, 1.82) is 0 Å². The SMILES string of the molecule is C[C@H](NC(=O)c1ccc(N2CCOCC2)cc1)c1ccc2c(c1)OCCO2. The zero-order valence-corrected chi connectivity index (χ0v) is 15.4. The lowest BCUT2D eigenvalue weighted by Crippen LogP contribution is -2.36. The molecule has 2 aliphatic rings. The molecule has 0 aromatic heterocycles. The summed E-state index contributed by atoms with van der Waals surface area (Å²) in [5.74, 6) is 1.39. The second-order valence-electron chi connectivity index (χ2n) is 6.74. The number of hydrogen-bond acceptors (Lipinski definition) is 5. The largest absolute Gasteiger partial charge is 0.486 e. The lowest BCUT2D eigenvalue weighted by Gasteiger charge is -2.28. The quantitative estimate of drug-likeness (QED) is 0.899. The highest BCUT2D eigenvalue weighted by Crippen LogP contribution is 2.32. The molecule has 0 unspecified atom stereocenters. The zero-order valence-electron chi connectivity index (χ0n) is 15.4. The zero-order chi connectivity index (χ0) is 18.6. The summed E-state index contributed by atoms with van der Waals surface area (Å²) in [4.78, 5) is 14.9. The fraction of sp³-hybridized carbons (Fsp3) is 0.381. The fourth-order valence-electron chi connectivity index (χ4n) is 3.34. The summed E-state index contributed by atoms with van der Waals surface area (Å²) in [6.45, 7) is 6.33. The van der Waals surface area contributed by atoms with Crippen LogP contribution in [0.15, 0.2) is 42.5 Å². The van der Waals surface area contributed by atoms with Crippen LogP contribution in [0.1, 0.15) is 28.9 Å². The molecule has 142 valence electrons. The number of nitrogens with zero attached hydrogens (tertiary/aromatic N) is 1. The second-order valence-corrected chi connectivity index (χ2v) is 6.74. The first-order chi connectivity index (χ1) is 13.2. The Bertz CT molecular complexity index is 800. The van der Waals surface area contributed by atoms with Gasteiger partial charge in [0.1, 0.15) is 13.2 Å². The molecule has 0 saturated carbocycles. The summed E-state index contributed by atoms with van der Waals surface area (Å²) >= 11 is 0. The van der Waals surface area contributed by atoms with Gasteiger partial charge < -0.3 is 24.4 Å². The molecule has 2 aromatic carbocycles. The first-order valence-electron chi connectivity index (χ1n) is 9.34. The molecule has 0 bridgehead atoms. The van der Waals surface area contributed by atoms with Crippen molar-refractivity contribution in [2.75, 3.05) is 44.4 Å². The van der Waals surface area contributed by atoms with Gasteiger partial charge >= 0.3 is 0 Å². The lowest BCUT2D eigenvalue weighted by atomic mass is 10.1. The summed E-state index contributed by atoms with van der Waals surface area (Å²) in [5, 5.41) is 3.05. The number of morpholine rings is 1. The molecule has 0 aliphatic carbocycles. The van der Waals surface area contributed by atoms with Gasteiger partial charge in [-0.05, 0) is 48.9 Å². The predicted octanol–water partition coefficient (Wildman–Crippen LogP) is 2.79. The van der Waals surface area contributed by atoms with Gasteiger partial charge in [0.25, 0.3) is 5.91 Å². The fourth-order valence-corrected chi connectivity index (χ4v) is 3.34. The van der Waals surface area contributed by atoms with Crippen molar-refractivity contribution < 1.29 is 19.0 Å². The van der Waals surface area contributed by atoms with E-state index in [1.54, 1.807) is 0 Å². The van der Waals surface area contributed by atoms with Crippen LogP contribution in [0.3, 0.4) is 0 Å². The third kappa shape index (κ3) is 4.01. The van der Waals surface area contributed by atoms with Crippen molar-refractivity contribution in [3.8, 4) is 11.5 Å². The summed E-state index contributed by atoms with van der Waals surface area (Å²) in [6.07, 6.45) is 0. The Kier molecular flexibility index (Phi) is 5.16. The third-order valence-electron chi connectivity index (χ3n) is 4.92. The molecule has 2 aromatic rings. The molecule has 1 fully saturated rings. The van der Waals surface area contributed by atoms with Gasteiger partial charge in [-0.2, -0.15) is 0 Å². The first kappa shape index (κ1) is 17.7. The standard InChI is InChI=1S/C21H24N2O4/c1-15(17-4-7-19-20(14-17)27-13-12-26-19)22-21(24)16-2-5-18(6-3-16)23-8-10-25-11-9-23/h2-7,14-15H,8-13H2,1H3,(H,22,24)/t15-/m0/s1. The number of amides is 1. The van der Waals surface area contributed by atoms with Crippen LogP contribution in [-0.4, -0.2) is 45.4 Å². The van der Waals surface area contributed by atoms with Gasteiger partial charge in [-0.15, -0.1) is 0 Å². The molecule has 6 nitrogen and oxygen atoms in total. The van der Waals surface area contributed by atoms with Crippen molar-refractivity contribution in [1.82, 2.24) is 5.32 Å². The average Bonchev–Trinajstić information content (AvgIpc) is 2.74. The molecular formula is C21H24N2O4. The van der Waals surface area contributed by atoms with Crippen LogP contribution in [0.5, 0.6) is 11.5 Å². The maximum Gasteiger partial charge on any atom is 0.251 e. The first-order valence-corrected chi connectivity index (χ1v) is 9.34. The van der Waals surface area contributed by atoms with Crippen molar-refractivity contribution in [2.24, 2.45) is 0 Å². The number of nitrogens with one attached hydrogen (secondary N) is 1. The minimum atomic E-state index is -0.132. The van der Waals surface area contributed by atoms with Gasteiger partial charge in [-0.3, -0.25) is 4.79 Å². The Morgan fingerprint density at radius 3 is 2.41 bits per heavy atom. The van der Waals surface area contributed by atoms with Gasteiger partial charge in [0, 0.05) is 24.3 Å². The normalized spacial score (nSPS) is 17.3. The summed E-state index contributed by atoms with van der Waals surface area (Å²) in [5.41, 5.74) is 2.75. The van der Waals surface area contributed by atoms with Crippen molar-refractivity contribution in [3.05, 3.63) is 53.6 Å². The molecule has 0 radical (unpaired) electrons. The maximum atomic E-state index is 12.6. The average molecular weight is 368 g/mol. The van der Waals surface area contributed by atoms with Gasteiger partial charge in [0.15, 0.2) is 11.5 Å². The van der Waals surface area contributed by atoms with Crippen molar-refractivity contribution in [2.45, 2.75) is 13.0 Å². The molecule has 1 atom stereocenters. The molecule has 6 heteroatoms. The van der Waals surface area contributed by atoms with E-state index in [9.17, 15) is 4.79 Å². The van der Waals surface area contributed by atoms with Crippen LogP contribution in [0.25, 0.3) is 0 Å². The summed E-state index contributed by atoms with van der Waals surface area (Å²) in [7, 11) is 0. The summed E-state index contributed by atoms with van der Waals surface area (Å²) < 4.78 is 16.6. The van der Waals surface area contributed by atoms with Crippen LogP contribution in [0.4, 0.5) is 5.69 Å². The highest BCUT2D eigenvalue weighted by molar-refractivity contribution is 5.94. The number of hydrogen-bond donors (Lipinski definition) is 1. The van der Waals surface area contributed by atoms with E-state index in [-0.39, 0.29) is 11.9 Å². The van der Waals surface area contributed by atoms with E-state index in [0.29, 0.717) is 18.8 Å². The van der Waals surface area contributed by atoms with E-state index in [1.165, 1.54) is 0 Å². The topological polar surface area (TPSA) is 60.0 Å². The van der Waals surface area contributed by atoms with Crippen molar-refractivity contribution >= 4 is 11.6 Å². The van der Waals surface area contributed by atoms with E-state index in [2.05, 4.69) is 10.2 Å². The number of carbonyl (C=O) groups excluding carboxylic acids is 1. The molecule has 1 saturated heterocycles. The van der Waals surface area contributed by atoms with E-state index >= 15 is 0 Å². The van der Waals surface area contributed by atoms with Gasteiger partial charge in [0.2, 0.25) is 0 Å². The highest BCUT2D eigenvalue weighted by atomic mass is 16.6. The van der Waals surface area contributed by atoms with Gasteiger partial charge in [-0.1, -0.05) is 6.07 Å². The second kappa shape index (κ2) is 7.88. The number of rotatable bonds is 4. The minimum absolute atomic E-state index is 0.0917. The van der Waals surface area contributed by atoms with E-state index in [4.69, 9.17) is 14.2 Å². The van der Waals surface area contributed by atoms with E-state index in [1.807, 2.05) is 49.4 Å². The summed E-state index contributed by atoms with van der Waals surface area (Å²) in [6, 6.07) is 13.4. The Hall–Kier alpha value is -2.73. The van der Waals surface area contributed by atoms with Crippen LogP contribution in [-0.2, 0) is 4.74 Å². The predicted molar refractivity (Wildman–Crippen MR) is 103 cm³/mol. The van der Waals surface area contributed by atoms with Crippen LogP contribution in [0, 0.1) is 0 Å². The van der Waals surface area contributed by atoms with Crippen LogP contribution < -0.4 is 19.7 Å². The van der Waals surface area contributed by atoms with E-state index < -0.39 is 0 Å². The molecule has 1 amide bonds. The van der Waals surface area contributed by atoms with Gasteiger partial charge in [-0.25, -0.2) is 0 Å². The Morgan fingerprint density at radius 2 is 1.67 bits per heavy atom. The molecule has 2 heterocycles. The molecule has 0 spiro atoms. The Labute approximate surface area is 159 Å². The highest BCUT2D eigenvalue weighted by Gasteiger charge is 2.17. The molecule has 4 rings (SSSR count). The molecule has 1 N–H and O–H groups in total. The number of fused-ring (bicyclic) bond motifs is 1. The molecule has 27 heavy (non-hydrogen) atoms. The number of ether oxygens (including phenoxy) is 3. The minimum Gasteiger partial charge on any atom is -0.486 e. The Balaban J connectivity index is 1.40. The smallest absolute Gasteiger partial charge is 0.251 e. The maximum absolute atomic E-state index is 12.6. The lowest BCUT2D eigenvalue weighted by molar-refractivity contribution is 0.0939. The number of carbonyl (C=O) groups is 1. The van der Waals surface area contributed by atoms with E-state index in [0.717, 1.165) is 49.1 Å². The van der Waals surface area contributed by atoms with Crippen molar-refractivity contribution in [3.63, 3.8) is 0 Å². The molecule has 2 aliphatic heterocycles. The monoisotopic (exact) mass is 368 g/mol. The van der Waals surface area contributed by atoms with Gasteiger partial charge in [0.05, 0.1) is 19.3 Å². The third-order valence-corrected chi connectivity index (χ3v) is 4.92. The number of anilines is 1. The van der Waals surface area contributed by atoms with Crippen LogP contribution in [0.2, 0.25) is 0 Å². The van der Waals surface area contributed by atoms with Crippen LogP contribution >= 0.6 is 0 Å². The molecular weight excluding hydrogens is 344 g/mol.